The van der Waals surface area contributed by atoms with E-state index in [2.05, 4.69) is 5.48 Å². The molecule has 1 aromatic rings. The van der Waals surface area contributed by atoms with Gasteiger partial charge < -0.3 is 9.84 Å². The number of hydrogen-bond acceptors (Lipinski definition) is 5. The number of hydroxylamine groups is 1. The molecule has 6 nitrogen and oxygen atoms in total. The summed E-state index contributed by atoms with van der Waals surface area (Å²) in [6.45, 7) is 6.68. The summed E-state index contributed by atoms with van der Waals surface area (Å²) in [6.07, 6.45) is 1.01. The van der Waals surface area contributed by atoms with Gasteiger partial charge in [0, 0.05) is 13.1 Å². The molecule has 0 bridgehead atoms. The van der Waals surface area contributed by atoms with Gasteiger partial charge in [0.05, 0.1) is 0 Å². The molecule has 1 aliphatic rings. The molecule has 0 aromatic heterocycles. The zero-order valence-electron chi connectivity index (χ0n) is 13.3. The first kappa shape index (κ1) is 16.6. The summed E-state index contributed by atoms with van der Waals surface area (Å²) in [5.74, 6) is 0.233. The molecule has 1 unspecified atom stereocenters. The molecule has 1 heterocycles. The van der Waals surface area contributed by atoms with Crippen LogP contribution in [0.15, 0.2) is 24.3 Å². The first-order valence-corrected chi connectivity index (χ1v) is 7.51. The molecule has 0 saturated carbocycles. The summed E-state index contributed by atoms with van der Waals surface area (Å²) in [5, 5.41) is 9.23. The van der Waals surface area contributed by atoms with E-state index in [0.717, 1.165) is 18.4 Å². The number of carbonyl (C=O) groups excluding carboxylic acids is 1. The number of hydrogen-bond donors (Lipinski definition) is 2. The summed E-state index contributed by atoms with van der Waals surface area (Å²) in [6, 6.07) is 6.87. The van der Waals surface area contributed by atoms with Crippen LogP contribution in [0.2, 0.25) is 0 Å². The van der Waals surface area contributed by atoms with Gasteiger partial charge in [-0.1, -0.05) is 12.1 Å². The Labute approximate surface area is 131 Å². The molecule has 1 fully saturated rings. The lowest BCUT2D eigenvalue weighted by atomic mass is 10.2. The molecule has 2 N–H and O–H groups in total. The Kier molecular flexibility index (Phi) is 5.26. The smallest absolute Gasteiger partial charge is 0.412 e. The van der Waals surface area contributed by atoms with Crippen molar-refractivity contribution in [3.63, 3.8) is 0 Å². The molecular formula is C16H24N2O4. The van der Waals surface area contributed by atoms with Crippen LogP contribution in [-0.2, 0) is 16.1 Å². The van der Waals surface area contributed by atoms with Gasteiger partial charge >= 0.3 is 6.09 Å². The minimum absolute atomic E-state index is 0.233. The van der Waals surface area contributed by atoms with Crippen molar-refractivity contribution in [2.45, 2.75) is 52.0 Å². The average Bonchev–Trinajstić information content (AvgIpc) is 2.88. The van der Waals surface area contributed by atoms with Crippen molar-refractivity contribution >= 4 is 6.09 Å². The fourth-order valence-corrected chi connectivity index (χ4v) is 2.22. The number of nitrogens with one attached hydrogen (secondary N) is 1. The lowest BCUT2D eigenvalue weighted by Gasteiger charge is -2.28. The Morgan fingerprint density at radius 1 is 1.36 bits per heavy atom. The second-order valence-electron chi connectivity index (χ2n) is 6.38. The molecule has 1 aliphatic heterocycles. The molecular weight excluding hydrogens is 284 g/mol. The van der Waals surface area contributed by atoms with Crippen molar-refractivity contribution in [1.82, 2.24) is 10.4 Å². The van der Waals surface area contributed by atoms with Crippen LogP contribution in [0.3, 0.4) is 0 Å². The van der Waals surface area contributed by atoms with Crippen LogP contribution >= 0.6 is 0 Å². The summed E-state index contributed by atoms with van der Waals surface area (Å²) < 4.78 is 5.38. The Morgan fingerprint density at radius 2 is 2.05 bits per heavy atom. The molecule has 0 radical (unpaired) electrons. The quantitative estimate of drug-likeness (QED) is 0.837. The van der Waals surface area contributed by atoms with Gasteiger partial charge in [0.2, 0.25) is 0 Å². The minimum Gasteiger partial charge on any atom is -0.508 e. The van der Waals surface area contributed by atoms with Gasteiger partial charge in [0.15, 0.2) is 6.23 Å². The molecule has 0 aliphatic carbocycles. The van der Waals surface area contributed by atoms with Crippen LogP contribution in [0, 0.1) is 0 Å². The van der Waals surface area contributed by atoms with Gasteiger partial charge in [-0.15, -0.1) is 0 Å². The molecule has 1 saturated heterocycles. The third-order valence-corrected chi connectivity index (χ3v) is 3.26. The van der Waals surface area contributed by atoms with Crippen LogP contribution < -0.4 is 5.48 Å². The molecule has 0 spiro atoms. The minimum atomic E-state index is -0.510. The van der Waals surface area contributed by atoms with Gasteiger partial charge in [-0.2, -0.15) is 5.48 Å². The first-order valence-electron chi connectivity index (χ1n) is 7.51. The maximum Gasteiger partial charge on any atom is 0.412 e. The normalized spacial score (nSPS) is 18.5. The number of ether oxygens (including phenoxy) is 1. The van der Waals surface area contributed by atoms with Crippen LogP contribution in [0.1, 0.15) is 39.2 Å². The van der Waals surface area contributed by atoms with E-state index in [1.165, 1.54) is 0 Å². The van der Waals surface area contributed by atoms with Crippen molar-refractivity contribution in [3.8, 4) is 5.75 Å². The van der Waals surface area contributed by atoms with Gasteiger partial charge in [-0.05, 0) is 51.3 Å². The number of rotatable bonds is 4. The number of phenols is 1. The van der Waals surface area contributed by atoms with Crippen LogP contribution in [-0.4, -0.2) is 34.5 Å². The van der Waals surface area contributed by atoms with E-state index in [1.54, 1.807) is 17.0 Å². The van der Waals surface area contributed by atoms with Crippen molar-refractivity contribution in [2.24, 2.45) is 0 Å². The highest BCUT2D eigenvalue weighted by Crippen LogP contribution is 2.21. The zero-order valence-corrected chi connectivity index (χ0v) is 13.3. The zero-order chi connectivity index (χ0) is 16.2. The van der Waals surface area contributed by atoms with Crippen LogP contribution in [0.25, 0.3) is 0 Å². The standard InChI is InChI=1S/C16H24N2O4/c1-16(2,3)21-15(20)18-10-4-5-14(18)22-17-11-12-6-8-13(19)9-7-12/h6-9,14,17,19H,4-5,10-11H2,1-3H3. The van der Waals surface area contributed by atoms with Crippen LogP contribution in [0.5, 0.6) is 5.75 Å². The second kappa shape index (κ2) is 6.98. The van der Waals surface area contributed by atoms with Crippen molar-refractivity contribution in [1.29, 1.82) is 0 Å². The predicted octanol–water partition coefficient (Wildman–Crippen LogP) is 2.77. The van der Waals surface area contributed by atoms with E-state index in [1.807, 2.05) is 32.9 Å². The number of amides is 1. The van der Waals surface area contributed by atoms with Crippen molar-refractivity contribution in [2.75, 3.05) is 6.54 Å². The maximum absolute atomic E-state index is 12.1. The highest BCUT2D eigenvalue weighted by molar-refractivity contribution is 5.68. The number of phenolic OH excluding ortho intramolecular Hbond substituents is 1. The molecule has 22 heavy (non-hydrogen) atoms. The number of likely N-dealkylation sites (tertiary alicyclic amines) is 1. The Morgan fingerprint density at radius 3 is 2.68 bits per heavy atom. The number of nitrogens with zero attached hydrogens (tertiary/aromatic N) is 1. The summed E-state index contributed by atoms with van der Waals surface area (Å²) >= 11 is 0. The molecule has 1 aromatic carbocycles. The summed E-state index contributed by atoms with van der Waals surface area (Å²) in [4.78, 5) is 19.3. The highest BCUT2D eigenvalue weighted by atomic mass is 16.7. The lowest BCUT2D eigenvalue weighted by Crippen LogP contribution is -2.42. The fourth-order valence-electron chi connectivity index (χ4n) is 2.22. The SMILES string of the molecule is CC(C)(C)OC(=O)N1CCCC1ONCc1ccc(O)cc1. The maximum atomic E-state index is 12.1. The largest absolute Gasteiger partial charge is 0.508 e. The van der Waals surface area contributed by atoms with Gasteiger partial charge in [0.1, 0.15) is 11.4 Å². The van der Waals surface area contributed by atoms with Gasteiger partial charge in [-0.25, -0.2) is 4.79 Å². The molecule has 2 rings (SSSR count). The van der Waals surface area contributed by atoms with E-state index in [-0.39, 0.29) is 18.1 Å². The number of carbonyl (C=O) groups is 1. The monoisotopic (exact) mass is 308 g/mol. The number of aromatic hydroxyl groups is 1. The summed E-state index contributed by atoms with van der Waals surface area (Å²) in [7, 11) is 0. The lowest BCUT2D eigenvalue weighted by molar-refractivity contribution is -0.0948. The highest BCUT2D eigenvalue weighted by Gasteiger charge is 2.33. The van der Waals surface area contributed by atoms with E-state index < -0.39 is 5.60 Å². The predicted molar refractivity (Wildman–Crippen MR) is 82.0 cm³/mol. The van der Waals surface area contributed by atoms with Crippen LogP contribution in [0.4, 0.5) is 4.79 Å². The topological polar surface area (TPSA) is 71.0 Å². The third kappa shape index (κ3) is 4.89. The first-order chi connectivity index (χ1) is 10.3. The van der Waals surface area contributed by atoms with Gasteiger partial charge in [0.25, 0.3) is 0 Å². The Balaban J connectivity index is 1.81. The Hall–Kier alpha value is -1.79. The van der Waals surface area contributed by atoms with E-state index in [4.69, 9.17) is 9.57 Å². The summed E-state index contributed by atoms with van der Waals surface area (Å²) in [5.41, 5.74) is 3.36. The van der Waals surface area contributed by atoms with E-state index in [0.29, 0.717) is 13.1 Å². The third-order valence-electron chi connectivity index (χ3n) is 3.26. The van der Waals surface area contributed by atoms with Crippen molar-refractivity contribution in [3.05, 3.63) is 29.8 Å². The second-order valence-corrected chi connectivity index (χ2v) is 6.38. The van der Waals surface area contributed by atoms with Crippen molar-refractivity contribution < 1.29 is 19.5 Å². The number of benzene rings is 1. The van der Waals surface area contributed by atoms with Gasteiger partial charge in [-0.3, -0.25) is 9.74 Å². The molecule has 6 heteroatoms. The fraction of sp³-hybridized carbons (Fsp3) is 0.562. The van der Waals surface area contributed by atoms with E-state index in [9.17, 15) is 9.90 Å². The van der Waals surface area contributed by atoms with E-state index >= 15 is 0 Å². The molecule has 122 valence electrons. The molecule has 1 atom stereocenters. The molecule has 1 amide bonds. The Bertz CT molecular complexity index is 496. The average molecular weight is 308 g/mol.